The van der Waals surface area contributed by atoms with Gasteiger partial charge in [0.1, 0.15) is 4.90 Å². The Morgan fingerprint density at radius 3 is 2.33 bits per heavy atom. The van der Waals surface area contributed by atoms with E-state index in [1.807, 2.05) is 6.92 Å². The molecule has 0 spiro atoms. The van der Waals surface area contributed by atoms with Crippen LogP contribution in [-0.4, -0.2) is 24.9 Å². The molecule has 2 aromatic rings. The molecule has 0 amide bonds. The van der Waals surface area contributed by atoms with E-state index < -0.39 is 10.0 Å². The van der Waals surface area contributed by atoms with Crippen LogP contribution in [0.15, 0.2) is 41.6 Å². The molecule has 0 saturated heterocycles. The highest BCUT2D eigenvalue weighted by atomic mass is 35.5. The summed E-state index contributed by atoms with van der Waals surface area (Å²) >= 11 is 5.75. The molecule has 0 atom stereocenters. The second-order valence-electron chi connectivity index (χ2n) is 4.28. The molecule has 2 rings (SSSR count). The number of benzene rings is 1. The quantitative estimate of drug-likeness (QED) is 0.852. The van der Waals surface area contributed by atoms with Crippen LogP contribution in [-0.2, 0) is 10.0 Å². The SMILES string of the molecule is CCCNc1ncc(S(=O)(=O)Nc2ccc(Cl)cc2)cn1. The van der Waals surface area contributed by atoms with E-state index in [4.69, 9.17) is 11.6 Å². The summed E-state index contributed by atoms with van der Waals surface area (Å²) in [5, 5.41) is 3.51. The number of nitrogens with zero attached hydrogens (tertiary/aromatic N) is 2. The van der Waals surface area contributed by atoms with Crippen molar-refractivity contribution in [3.63, 3.8) is 0 Å². The van der Waals surface area contributed by atoms with Crippen LogP contribution in [0.4, 0.5) is 11.6 Å². The molecule has 0 radical (unpaired) electrons. The van der Waals surface area contributed by atoms with Crippen molar-refractivity contribution in [3.8, 4) is 0 Å². The first-order chi connectivity index (χ1) is 10.0. The van der Waals surface area contributed by atoms with Crippen molar-refractivity contribution < 1.29 is 8.42 Å². The Morgan fingerprint density at radius 1 is 1.14 bits per heavy atom. The summed E-state index contributed by atoms with van der Waals surface area (Å²) in [4.78, 5) is 7.95. The zero-order chi connectivity index (χ0) is 15.3. The highest BCUT2D eigenvalue weighted by Gasteiger charge is 2.15. The number of anilines is 2. The van der Waals surface area contributed by atoms with Crippen LogP contribution >= 0.6 is 11.6 Å². The van der Waals surface area contributed by atoms with E-state index in [1.165, 1.54) is 12.4 Å². The minimum absolute atomic E-state index is 0.000464. The fourth-order valence-electron chi connectivity index (χ4n) is 1.52. The van der Waals surface area contributed by atoms with Gasteiger partial charge >= 0.3 is 0 Å². The van der Waals surface area contributed by atoms with Crippen LogP contribution in [0.1, 0.15) is 13.3 Å². The van der Waals surface area contributed by atoms with Gasteiger partial charge in [0.2, 0.25) is 5.95 Å². The Kier molecular flexibility index (Phi) is 4.98. The molecule has 0 fully saturated rings. The summed E-state index contributed by atoms with van der Waals surface area (Å²) in [6, 6.07) is 6.37. The first-order valence-corrected chi connectivity index (χ1v) is 8.21. The van der Waals surface area contributed by atoms with E-state index in [0.717, 1.165) is 13.0 Å². The van der Waals surface area contributed by atoms with Gasteiger partial charge in [-0.15, -0.1) is 0 Å². The van der Waals surface area contributed by atoms with Crippen molar-refractivity contribution in [1.82, 2.24) is 9.97 Å². The van der Waals surface area contributed by atoms with Gasteiger partial charge in [-0.3, -0.25) is 4.72 Å². The van der Waals surface area contributed by atoms with E-state index in [9.17, 15) is 8.42 Å². The Morgan fingerprint density at radius 2 is 1.76 bits per heavy atom. The van der Waals surface area contributed by atoms with Gasteiger partial charge in [0.25, 0.3) is 10.0 Å². The fourth-order valence-corrected chi connectivity index (χ4v) is 2.59. The molecule has 0 aliphatic rings. The second kappa shape index (κ2) is 6.73. The maximum atomic E-state index is 12.2. The van der Waals surface area contributed by atoms with Crippen LogP contribution in [0.5, 0.6) is 0 Å². The molecular formula is C13H15ClN4O2S. The Bertz CT molecular complexity index is 687. The normalized spacial score (nSPS) is 11.1. The van der Waals surface area contributed by atoms with Crippen LogP contribution in [0.3, 0.4) is 0 Å². The van der Waals surface area contributed by atoms with Crippen molar-refractivity contribution in [3.05, 3.63) is 41.7 Å². The fraction of sp³-hybridized carbons (Fsp3) is 0.231. The lowest BCUT2D eigenvalue weighted by Gasteiger charge is -2.08. The zero-order valence-corrected chi connectivity index (χ0v) is 12.9. The zero-order valence-electron chi connectivity index (χ0n) is 11.4. The lowest BCUT2D eigenvalue weighted by Crippen LogP contribution is -2.14. The number of halogens is 1. The molecule has 1 aromatic heterocycles. The topological polar surface area (TPSA) is 84.0 Å². The molecule has 0 bridgehead atoms. The molecule has 0 unspecified atom stereocenters. The predicted molar refractivity (Wildman–Crippen MR) is 83.1 cm³/mol. The van der Waals surface area contributed by atoms with Gasteiger partial charge in [0, 0.05) is 17.3 Å². The first-order valence-electron chi connectivity index (χ1n) is 6.35. The monoisotopic (exact) mass is 326 g/mol. The number of aromatic nitrogens is 2. The molecule has 1 heterocycles. The van der Waals surface area contributed by atoms with E-state index in [2.05, 4.69) is 20.0 Å². The maximum absolute atomic E-state index is 12.2. The van der Waals surface area contributed by atoms with Crippen LogP contribution in [0.25, 0.3) is 0 Å². The summed E-state index contributed by atoms with van der Waals surface area (Å²) in [6.07, 6.45) is 3.47. The van der Waals surface area contributed by atoms with Gasteiger partial charge in [-0.1, -0.05) is 18.5 Å². The molecule has 0 aliphatic carbocycles. The van der Waals surface area contributed by atoms with Gasteiger partial charge in [0.05, 0.1) is 12.4 Å². The Balaban J connectivity index is 2.13. The van der Waals surface area contributed by atoms with Crippen LogP contribution < -0.4 is 10.0 Å². The molecule has 6 nitrogen and oxygen atoms in total. The molecule has 8 heteroatoms. The minimum atomic E-state index is -3.71. The predicted octanol–water partition coefficient (Wildman–Crippen LogP) is 2.75. The van der Waals surface area contributed by atoms with Crippen molar-refractivity contribution in [2.75, 3.05) is 16.6 Å². The third kappa shape index (κ3) is 4.30. The summed E-state index contributed by atoms with van der Waals surface area (Å²) in [6.45, 7) is 2.75. The lowest BCUT2D eigenvalue weighted by atomic mass is 10.3. The maximum Gasteiger partial charge on any atom is 0.264 e. The van der Waals surface area contributed by atoms with Crippen LogP contribution in [0.2, 0.25) is 5.02 Å². The molecule has 0 saturated carbocycles. The molecule has 21 heavy (non-hydrogen) atoms. The molecule has 112 valence electrons. The first kappa shape index (κ1) is 15.5. The molecule has 0 aliphatic heterocycles. The van der Waals surface area contributed by atoms with Gasteiger partial charge < -0.3 is 5.32 Å². The second-order valence-corrected chi connectivity index (χ2v) is 6.40. The number of sulfonamides is 1. The highest BCUT2D eigenvalue weighted by molar-refractivity contribution is 7.92. The largest absolute Gasteiger partial charge is 0.354 e. The van der Waals surface area contributed by atoms with Gasteiger partial charge in [-0.25, -0.2) is 18.4 Å². The number of hydrogen-bond donors (Lipinski definition) is 2. The van der Waals surface area contributed by atoms with Crippen molar-refractivity contribution >= 4 is 33.3 Å². The average Bonchev–Trinajstić information content (AvgIpc) is 2.48. The van der Waals surface area contributed by atoms with Crippen LogP contribution in [0, 0.1) is 0 Å². The van der Waals surface area contributed by atoms with Crippen molar-refractivity contribution in [1.29, 1.82) is 0 Å². The summed E-state index contributed by atoms with van der Waals surface area (Å²) in [5.74, 6) is 0.405. The summed E-state index contributed by atoms with van der Waals surface area (Å²) in [5.41, 5.74) is 0.424. The molecule has 1 aromatic carbocycles. The van der Waals surface area contributed by atoms with E-state index >= 15 is 0 Å². The number of rotatable bonds is 6. The number of nitrogens with one attached hydrogen (secondary N) is 2. The molecule has 2 N–H and O–H groups in total. The van der Waals surface area contributed by atoms with Gasteiger partial charge in [-0.05, 0) is 30.7 Å². The summed E-state index contributed by atoms with van der Waals surface area (Å²) in [7, 11) is -3.71. The Labute approximate surface area is 128 Å². The van der Waals surface area contributed by atoms with E-state index in [1.54, 1.807) is 24.3 Å². The van der Waals surface area contributed by atoms with Crippen molar-refractivity contribution in [2.24, 2.45) is 0 Å². The Hall–Kier alpha value is -1.86. The lowest BCUT2D eigenvalue weighted by molar-refractivity contribution is 0.600. The number of hydrogen-bond acceptors (Lipinski definition) is 5. The third-order valence-corrected chi connectivity index (χ3v) is 4.16. The molecular weight excluding hydrogens is 312 g/mol. The van der Waals surface area contributed by atoms with Gasteiger partial charge in [-0.2, -0.15) is 0 Å². The van der Waals surface area contributed by atoms with Gasteiger partial charge in [0.15, 0.2) is 0 Å². The van der Waals surface area contributed by atoms with E-state index in [-0.39, 0.29) is 4.90 Å². The van der Waals surface area contributed by atoms with E-state index in [0.29, 0.717) is 16.7 Å². The van der Waals surface area contributed by atoms with Crippen molar-refractivity contribution in [2.45, 2.75) is 18.2 Å². The smallest absolute Gasteiger partial charge is 0.264 e. The standard InChI is InChI=1S/C13H15ClN4O2S/c1-2-7-15-13-16-8-12(9-17-13)21(19,20)18-11-5-3-10(14)4-6-11/h3-6,8-9,18H,2,7H2,1H3,(H,15,16,17). The third-order valence-electron chi connectivity index (χ3n) is 2.57. The minimum Gasteiger partial charge on any atom is -0.354 e. The summed E-state index contributed by atoms with van der Waals surface area (Å²) < 4.78 is 26.8. The highest BCUT2D eigenvalue weighted by Crippen LogP contribution is 2.17. The average molecular weight is 327 g/mol.